The molecule has 0 amide bonds. The van der Waals surface area contributed by atoms with E-state index in [0.29, 0.717) is 24.2 Å². The Kier molecular flexibility index (Phi) is 6.96. The fourth-order valence-corrected chi connectivity index (χ4v) is 4.24. The molecule has 2 rings (SSSR count). The number of rotatable bonds is 9. The normalized spacial score (nSPS) is 16.8. The van der Waals surface area contributed by atoms with Gasteiger partial charge in [0.1, 0.15) is 5.69 Å². The highest BCUT2D eigenvalue weighted by molar-refractivity contribution is 7.89. The molecule has 26 heavy (non-hydrogen) atoms. The van der Waals surface area contributed by atoms with E-state index in [2.05, 4.69) is 24.1 Å². The molecular weight excluding hydrogens is 356 g/mol. The number of hydrogen-bond acceptors (Lipinski definition) is 6. The minimum Gasteiger partial charge on any atom is -0.378 e. The van der Waals surface area contributed by atoms with Crippen molar-refractivity contribution >= 4 is 21.4 Å². The predicted octanol–water partition coefficient (Wildman–Crippen LogP) is 2.55. The minimum atomic E-state index is -3.98. The molecule has 0 spiro atoms. The highest BCUT2D eigenvalue weighted by Crippen LogP contribution is 2.29. The van der Waals surface area contributed by atoms with Gasteiger partial charge in [0.15, 0.2) is 0 Å². The summed E-state index contributed by atoms with van der Waals surface area (Å²) in [5.74, 6) is 0.503. The van der Waals surface area contributed by atoms with Crippen LogP contribution in [-0.4, -0.2) is 43.9 Å². The molecule has 3 N–H and O–H groups in total. The van der Waals surface area contributed by atoms with Gasteiger partial charge in [-0.2, -0.15) is 0 Å². The van der Waals surface area contributed by atoms with Crippen LogP contribution in [0.3, 0.4) is 0 Å². The van der Waals surface area contributed by atoms with Crippen molar-refractivity contribution in [2.24, 2.45) is 11.1 Å². The monoisotopic (exact) mass is 384 g/mol. The molecule has 1 aliphatic heterocycles. The molecule has 0 saturated carbocycles. The van der Waals surface area contributed by atoms with Crippen LogP contribution in [0, 0.1) is 16.0 Å². The number of likely N-dealkylation sites (tertiary alicyclic amines) is 1. The Morgan fingerprint density at radius 3 is 2.38 bits per heavy atom. The van der Waals surface area contributed by atoms with Gasteiger partial charge >= 0.3 is 0 Å². The van der Waals surface area contributed by atoms with Gasteiger partial charge < -0.3 is 5.32 Å². The van der Waals surface area contributed by atoms with Crippen LogP contribution in [0.1, 0.15) is 39.5 Å². The van der Waals surface area contributed by atoms with Crippen molar-refractivity contribution in [1.82, 2.24) is 4.90 Å². The molecule has 1 saturated heterocycles. The average Bonchev–Trinajstić information content (AvgIpc) is 3.11. The lowest BCUT2D eigenvalue weighted by atomic mass is 9.93. The molecule has 1 aromatic rings. The van der Waals surface area contributed by atoms with E-state index < -0.39 is 14.9 Å². The molecule has 8 nitrogen and oxygen atoms in total. The molecule has 1 aliphatic rings. The van der Waals surface area contributed by atoms with Crippen LogP contribution < -0.4 is 10.5 Å². The molecule has 1 heterocycles. The first-order valence-electron chi connectivity index (χ1n) is 9.07. The third-order valence-corrected chi connectivity index (χ3v) is 6.11. The Balaban J connectivity index is 2.23. The molecule has 0 bridgehead atoms. The summed E-state index contributed by atoms with van der Waals surface area (Å²) in [5.41, 5.74) is 0.0406. The second-order valence-electron chi connectivity index (χ2n) is 6.75. The third-order valence-electron chi connectivity index (χ3n) is 5.20. The number of sulfonamides is 1. The van der Waals surface area contributed by atoms with Crippen LogP contribution in [0.4, 0.5) is 11.4 Å². The Bertz CT molecular complexity index is 726. The summed E-state index contributed by atoms with van der Waals surface area (Å²) in [4.78, 5) is 13.0. The van der Waals surface area contributed by atoms with Crippen LogP contribution in [0.15, 0.2) is 23.1 Å². The number of nitrogens with two attached hydrogens (primary N) is 1. The second kappa shape index (κ2) is 8.79. The van der Waals surface area contributed by atoms with Gasteiger partial charge in [0.05, 0.1) is 9.82 Å². The summed E-state index contributed by atoms with van der Waals surface area (Å²) in [6.45, 7) is 7.02. The zero-order chi connectivity index (χ0) is 19.3. The van der Waals surface area contributed by atoms with E-state index in [0.717, 1.165) is 32.0 Å². The van der Waals surface area contributed by atoms with Crippen molar-refractivity contribution < 1.29 is 13.3 Å². The average molecular weight is 385 g/mol. The molecule has 0 aliphatic carbocycles. The molecular formula is C17H28N4O4S. The highest BCUT2D eigenvalue weighted by atomic mass is 32.2. The number of hydrogen-bond donors (Lipinski definition) is 2. The summed E-state index contributed by atoms with van der Waals surface area (Å²) in [7, 11) is -3.98. The maximum atomic E-state index is 11.5. The van der Waals surface area contributed by atoms with Crippen molar-refractivity contribution in [1.29, 1.82) is 0 Å². The van der Waals surface area contributed by atoms with Gasteiger partial charge in [-0.05, 0) is 44.0 Å². The van der Waals surface area contributed by atoms with E-state index in [1.54, 1.807) is 0 Å². The van der Waals surface area contributed by atoms with E-state index in [4.69, 9.17) is 5.14 Å². The lowest BCUT2D eigenvalue weighted by molar-refractivity contribution is -0.384. The summed E-state index contributed by atoms with van der Waals surface area (Å²) < 4.78 is 22.9. The van der Waals surface area contributed by atoms with Crippen molar-refractivity contribution in [3.63, 3.8) is 0 Å². The van der Waals surface area contributed by atoms with Gasteiger partial charge in [0.2, 0.25) is 10.0 Å². The van der Waals surface area contributed by atoms with E-state index in [1.165, 1.54) is 25.0 Å². The molecule has 1 unspecified atom stereocenters. The van der Waals surface area contributed by atoms with E-state index in [9.17, 15) is 18.5 Å². The first-order valence-corrected chi connectivity index (χ1v) is 10.6. The maximum absolute atomic E-state index is 11.5. The van der Waals surface area contributed by atoms with Gasteiger partial charge in [0, 0.05) is 18.7 Å². The van der Waals surface area contributed by atoms with E-state index >= 15 is 0 Å². The van der Waals surface area contributed by atoms with Crippen LogP contribution in [0.2, 0.25) is 0 Å². The molecule has 0 aromatic heterocycles. The number of anilines is 1. The Morgan fingerprint density at radius 2 is 1.88 bits per heavy atom. The van der Waals surface area contributed by atoms with Crippen LogP contribution in [0.5, 0.6) is 0 Å². The van der Waals surface area contributed by atoms with Gasteiger partial charge in [-0.1, -0.05) is 26.7 Å². The van der Waals surface area contributed by atoms with Gasteiger partial charge in [-0.15, -0.1) is 0 Å². The van der Waals surface area contributed by atoms with Crippen molar-refractivity contribution in [3.05, 3.63) is 28.3 Å². The molecule has 1 atom stereocenters. The number of nitrogens with zero attached hydrogens (tertiary/aromatic N) is 2. The number of nitro benzene ring substituents is 1. The Hall–Kier alpha value is -1.71. The zero-order valence-electron chi connectivity index (χ0n) is 15.3. The summed E-state index contributed by atoms with van der Waals surface area (Å²) in [6.07, 6.45) is 4.46. The molecule has 1 fully saturated rings. The number of nitrogens with one attached hydrogen (secondary N) is 1. The quantitative estimate of drug-likeness (QED) is 0.499. The number of primary sulfonamides is 1. The molecule has 1 aromatic carbocycles. The number of nitro groups is 1. The van der Waals surface area contributed by atoms with Gasteiger partial charge in [-0.25, -0.2) is 13.6 Å². The van der Waals surface area contributed by atoms with E-state index in [1.807, 2.05) is 0 Å². The highest BCUT2D eigenvalue weighted by Gasteiger charge is 2.28. The van der Waals surface area contributed by atoms with Crippen molar-refractivity contribution in [3.8, 4) is 0 Å². The Labute approximate surface area is 155 Å². The first kappa shape index (κ1) is 20.6. The standard InChI is InChI=1S/C17H28N4O4S/c1-3-13(4-2)17(20-9-5-6-10-20)12-19-15-8-7-14(26(18,24)25)11-16(15)21(22)23/h7-8,11,13,17,19H,3-6,9-10,12H2,1-2H3,(H2,18,24,25). The van der Waals surface area contributed by atoms with Crippen molar-refractivity contribution in [2.75, 3.05) is 25.0 Å². The zero-order valence-corrected chi connectivity index (χ0v) is 16.2. The summed E-state index contributed by atoms with van der Waals surface area (Å²) >= 11 is 0. The van der Waals surface area contributed by atoms with Crippen LogP contribution >= 0.6 is 0 Å². The summed E-state index contributed by atoms with van der Waals surface area (Å²) in [5, 5.41) is 19.6. The molecule has 146 valence electrons. The van der Waals surface area contributed by atoms with E-state index in [-0.39, 0.29) is 10.6 Å². The fourth-order valence-electron chi connectivity index (χ4n) is 3.70. The molecule has 0 radical (unpaired) electrons. The SMILES string of the molecule is CCC(CC)C(CNc1ccc(S(N)(=O)=O)cc1[N+](=O)[O-])N1CCCC1. The second-order valence-corrected chi connectivity index (χ2v) is 8.31. The van der Waals surface area contributed by atoms with Gasteiger partial charge in [0.25, 0.3) is 5.69 Å². The first-order chi connectivity index (χ1) is 12.3. The third kappa shape index (κ3) is 4.93. The molecule has 9 heteroatoms. The summed E-state index contributed by atoms with van der Waals surface area (Å²) in [6, 6.07) is 4.03. The fraction of sp³-hybridized carbons (Fsp3) is 0.647. The topological polar surface area (TPSA) is 119 Å². The number of benzene rings is 1. The van der Waals surface area contributed by atoms with Crippen LogP contribution in [-0.2, 0) is 10.0 Å². The predicted molar refractivity (Wildman–Crippen MR) is 102 cm³/mol. The largest absolute Gasteiger partial charge is 0.378 e. The maximum Gasteiger partial charge on any atom is 0.293 e. The Morgan fingerprint density at radius 1 is 1.27 bits per heavy atom. The minimum absolute atomic E-state index is 0.258. The smallest absolute Gasteiger partial charge is 0.293 e. The lowest BCUT2D eigenvalue weighted by Crippen LogP contribution is -2.43. The lowest BCUT2D eigenvalue weighted by Gasteiger charge is -2.34. The van der Waals surface area contributed by atoms with Crippen LogP contribution in [0.25, 0.3) is 0 Å². The van der Waals surface area contributed by atoms with Gasteiger partial charge in [-0.3, -0.25) is 15.0 Å². The van der Waals surface area contributed by atoms with Crippen molar-refractivity contribution in [2.45, 2.75) is 50.5 Å².